The molecule has 0 atom stereocenters. The predicted octanol–water partition coefficient (Wildman–Crippen LogP) is 2.39. The van der Waals surface area contributed by atoms with Gasteiger partial charge in [0, 0.05) is 5.56 Å². The van der Waals surface area contributed by atoms with E-state index in [0.717, 1.165) is 0 Å². The van der Waals surface area contributed by atoms with Crippen LogP contribution in [0.15, 0.2) is 16.6 Å². The van der Waals surface area contributed by atoms with Crippen molar-refractivity contribution in [2.24, 2.45) is 0 Å². The van der Waals surface area contributed by atoms with Gasteiger partial charge in [-0.15, -0.1) is 0 Å². The average Bonchev–Trinajstić information content (AvgIpc) is 2.07. The molecule has 0 aliphatic carbocycles. The van der Waals surface area contributed by atoms with E-state index in [4.69, 9.17) is 4.74 Å². The van der Waals surface area contributed by atoms with Crippen LogP contribution in [0.5, 0.6) is 11.5 Å². The molecule has 0 aromatic heterocycles. The molecule has 0 aliphatic rings. The first kappa shape index (κ1) is 11.3. The van der Waals surface area contributed by atoms with Crippen LogP contribution in [0.3, 0.4) is 0 Å². The molecular formula is C10H13BrO3. The SMILES string of the molecule is COc1cc(Br)c(O)c(C(C)(C)O)c1. The minimum atomic E-state index is -1.10. The summed E-state index contributed by atoms with van der Waals surface area (Å²) in [5, 5.41) is 19.5. The standard InChI is InChI=1S/C10H13BrO3/c1-10(2,13)7-4-6(14-3)5-8(11)9(7)12/h4-5,12-13H,1-3H3. The van der Waals surface area contributed by atoms with Crippen molar-refractivity contribution >= 4 is 15.9 Å². The number of phenols is 1. The van der Waals surface area contributed by atoms with Crippen LogP contribution in [0.2, 0.25) is 0 Å². The lowest BCUT2D eigenvalue weighted by Gasteiger charge is -2.20. The molecule has 0 unspecified atom stereocenters. The summed E-state index contributed by atoms with van der Waals surface area (Å²) in [6.07, 6.45) is 0. The molecule has 0 fully saturated rings. The second-order valence-electron chi connectivity index (χ2n) is 3.56. The van der Waals surface area contributed by atoms with Gasteiger partial charge >= 0.3 is 0 Å². The third kappa shape index (κ3) is 2.19. The monoisotopic (exact) mass is 260 g/mol. The average molecular weight is 261 g/mol. The Labute approximate surface area is 91.5 Å². The van der Waals surface area contributed by atoms with Crippen molar-refractivity contribution < 1.29 is 14.9 Å². The zero-order valence-corrected chi connectivity index (χ0v) is 9.92. The molecule has 0 saturated carbocycles. The minimum Gasteiger partial charge on any atom is -0.506 e. The van der Waals surface area contributed by atoms with Gasteiger partial charge in [-0.2, -0.15) is 0 Å². The van der Waals surface area contributed by atoms with Crippen LogP contribution in [0.25, 0.3) is 0 Å². The van der Waals surface area contributed by atoms with Gasteiger partial charge in [-0.25, -0.2) is 0 Å². The number of hydrogen-bond donors (Lipinski definition) is 2. The molecule has 78 valence electrons. The summed E-state index contributed by atoms with van der Waals surface area (Å²) in [6, 6.07) is 3.25. The Morgan fingerprint density at radius 3 is 2.36 bits per heavy atom. The second kappa shape index (κ2) is 3.79. The number of benzene rings is 1. The van der Waals surface area contributed by atoms with Crippen LogP contribution >= 0.6 is 15.9 Å². The van der Waals surface area contributed by atoms with E-state index >= 15 is 0 Å². The Balaban J connectivity index is 3.35. The van der Waals surface area contributed by atoms with Gasteiger partial charge < -0.3 is 14.9 Å². The summed E-state index contributed by atoms with van der Waals surface area (Å²) in [5.74, 6) is 0.630. The lowest BCUT2D eigenvalue weighted by atomic mass is 9.97. The minimum absolute atomic E-state index is 0.0401. The van der Waals surface area contributed by atoms with Gasteiger partial charge in [-0.3, -0.25) is 0 Å². The number of aromatic hydroxyl groups is 1. The largest absolute Gasteiger partial charge is 0.506 e. The Morgan fingerprint density at radius 1 is 1.36 bits per heavy atom. The normalized spacial score (nSPS) is 11.5. The van der Waals surface area contributed by atoms with Crippen LogP contribution in [-0.2, 0) is 5.60 Å². The van der Waals surface area contributed by atoms with Crippen molar-refractivity contribution in [2.75, 3.05) is 7.11 Å². The molecule has 0 saturated heterocycles. The summed E-state index contributed by atoms with van der Waals surface area (Å²) < 4.78 is 5.54. The van der Waals surface area contributed by atoms with Gasteiger partial charge in [0.25, 0.3) is 0 Å². The van der Waals surface area contributed by atoms with Crippen molar-refractivity contribution in [1.29, 1.82) is 0 Å². The van der Waals surface area contributed by atoms with Gasteiger partial charge in [-0.05, 0) is 41.9 Å². The smallest absolute Gasteiger partial charge is 0.136 e. The molecule has 1 aromatic rings. The van der Waals surface area contributed by atoms with Crippen LogP contribution in [0, 0.1) is 0 Å². The van der Waals surface area contributed by atoms with Crippen LogP contribution in [0.1, 0.15) is 19.4 Å². The molecule has 0 spiro atoms. The van der Waals surface area contributed by atoms with Crippen molar-refractivity contribution in [3.63, 3.8) is 0 Å². The fourth-order valence-electron chi connectivity index (χ4n) is 1.16. The summed E-state index contributed by atoms with van der Waals surface area (Å²) in [5.41, 5.74) is -0.662. The highest BCUT2D eigenvalue weighted by Gasteiger charge is 2.22. The van der Waals surface area contributed by atoms with Gasteiger partial charge in [0.05, 0.1) is 17.2 Å². The molecule has 4 heteroatoms. The molecule has 1 rings (SSSR count). The van der Waals surface area contributed by atoms with E-state index in [1.807, 2.05) is 0 Å². The molecule has 14 heavy (non-hydrogen) atoms. The number of rotatable bonds is 2. The topological polar surface area (TPSA) is 49.7 Å². The van der Waals surface area contributed by atoms with Crippen molar-refractivity contribution in [3.8, 4) is 11.5 Å². The van der Waals surface area contributed by atoms with Crippen molar-refractivity contribution in [2.45, 2.75) is 19.4 Å². The van der Waals surface area contributed by atoms with Crippen LogP contribution in [-0.4, -0.2) is 17.3 Å². The number of phenolic OH excluding ortho intramolecular Hbond substituents is 1. The van der Waals surface area contributed by atoms with Crippen molar-refractivity contribution in [1.82, 2.24) is 0 Å². The molecule has 0 amide bonds. The van der Waals surface area contributed by atoms with Gasteiger partial charge in [-0.1, -0.05) is 0 Å². The van der Waals surface area contributed by atoms with E-state index < -0.39 is 5.60 Å². The van der Waals surface area contributed by atoms with Gasteiger partial charge in [0.15, 0.2) is 0 Å². The number of ether oxygens (including phenoxy) is 1. The first-order chi connectivity index (χ1) is 6.36. The van der Waals surface area contributed by atoms with E-state index in [0.29, 0.717) is 15.8 Å². The molecule has 1 aromatic carbocycles. The highest BCUT2D eigenvalue weighted by molar-refractivity contribution is 9.10. The first-order valence-electron chi connectivity index (χ1n) is 4.15. The van der Waals surface area contributed by atoms with Gasteiger partial charge in [0.2, 0.25) is 0 Å². The Hall–Kier alpha value is -0.740. The van der Waals surface area contributed by atoms with Gasteiger partial charge in [0.1, 0.15) is 11.5 Å². The number of aliphatic hydroxyl groups is 1. The van der Waals surface area contributed by atoms with Crippen LogP contribution < -0.4 is 4.74 Å². The van der Waals surface area contributed by atoms with Crippen LogP contribution in [0.4, 0.5) is 0 Å². The number of halogens is 1. The Morgan fingerprint density at radius 2 is 1.93 bits per heavy atom. The third-order valence-corrected chi connectivity index (χ3v) is 2.54. The fraction of sp³-hybridized carbons (Fsp3) is 0.400. The number of hydrogen-bond acceptors (Lipinski definition) is 3. The van der Waals surface area contributed by atoms with Crippen molar-refractivity contribution in [3.05, 3.63) is 22.2 Å². The highest BCUT2D eigenvalue weighted by atomic mass is 79.9. The van der Waals surface area contributed by atoms with E-state index in [2.05, 4.69) is 15.9 Å². The maximum absolute atomic E-state index is 9.78. The summed E-state index contributed by atoms with van der Waals surface area (Å²) in [4.78, 5) is 0. The number of methoxy groups -OCH3 is 1. The molecule has 2 N–H and O–H groups in total. The molecule has 3 nitrogen and oxygen atoms in total. The third-order valence-electron chi connectivity index (χ3n) is 1.93. The van der Waals surface area contributed by atoms with E-state index in [1.54, 1.807) is 26.0 Å². The van der Waals surface area contributed by atoms with E-state index in [1.165, 1.54) is 7.11 Å². The lowest BCUT2D eigenvalue weighted by molar-refractivity contribution is 0.0754. The molecule has 0 radical (unpaired) electrons. The quantitative estimate of drug-likeness (QED) is 0.859. The summed E-state index contributed by atoms with van der Waals surface area (Å²) >= 11 is 3.19. The zero-order valence-electron chi connectivity index (χ0n) is 8.34. The fourth-order valence-corrected chi connectivity index (χ4v) is 1.60. The Kier molecular flexibility index (Phi) is 3.07. The summed E-state index contributed by atoms with van der Waals surface area (Å²) in [6.45, 7) is 3.21. The van der Waals surface area contributed by atoms with E-state index in [-0.39, 0.29) is 5.75 Å². The molecule has 0 aliphatic heterocycles. The first-order valence-corrected chi connectivity index (χ1v) is 4.95. The lowest BCUT2D eigenvalue weighted by Crippen LogP contribution is -2.15. The Bertz CT molecular complexity index is 342. The zero-order chi connectivity index (χ0) is 10.9. The maximum Gasteiger partial charge on any atom is 0.136 e. The van der Waals surface area contributed by atoms with E-state index in [9.17, 15) is 10.2 Å². The molecular weight excluding hydrogens is 248 g/mol. The molecule has 0 heterocycles. The highest BCUT2D eigenvalue weighted by Crippen LogP contribution is 2.38. The second-order valence-corrected chi connectivity index (χ2v) is 4.42. The molecule has 0 bridgehead atoms. The predicted molar refractivity (Wildman–Crippen MR) is 57.6 cm³/mol. The maximum atomic E-state index is 9.78. The summed E-state index contributed by atoms with van der Waals surface area (Å²) in [7, 11) is 1.53.